The number of fused-ring (bicyclic) bond motifs is 1. The maximum atomic E-state index is 13.1. The maximum absolute atomic E-state index is 13.1. The number of carbonyl (C=O) groups is 1. The topological polar surface area (TPSA) is 96.7 Å². The van der Waals surface area contributed by atoms with Gasteiger partial charge in [-0.2, -0.15) is 4.31 Å². The highest BCUT2D eigenvalue weighted by molar-refractivity contribution is 7.89. The lowest BCUT2D eigenvalue weighted by molar-refractivity contribution is -0.120. The molecule has 3 aromatic rings. The van der Waals surface area contributed by atoms with Gasteiger partial charge in [-0.1, -0.05) is 0 Å². The highest BCUT2D eigenvalue weighted by atomic mass is 32.2. The molecule has 2 heterocycles. The summed E-state index contributed by atoms with van der Waals surface area (Å²) in [6.45, 7) is 2.13. The van der Waals surface area contributed by atoms with Crippen LogP contribution in [0.2, 0.25) is 0 Å². The lowest BCUT2D eigenvalue weighted by atomic mass is 9.98. The minimum absolute atomic E-state index is 0.00474. The van der Waals surface area contributed by atoms with Crippen molar-refractivity contribution in [3.8, 4) is 0 Å². The number of nitrogens with zero attached hydrogens (tertiary/aromatic N) is 1. The SMILES string of the molecule is Cc1cc(=O)oc2cc(NC(=O)[C@@H]3CCCN(S(=O)(=O)c4ccc(F)cc4)C3)ccc12. The number of aryl methyl sites for hydroxylation is 1. The molecule has 0 spiro atoms. The molecule has 31 heavy (non-hydrogen) atoms. The minimum Gasteiger partial charge on any atom is -0.423 e. The summed E-state index contributed by atoms with van der Waals surface area (Å²) < 4.78 is 45.3. The molecular formula is C22H21FN2O5S. The molecule has 4 rings (SSSR count). The smallest absolute Gasteiger partial charge is 0.336 e. The first-order chi connectivity index (χ1) is 14.7. The molecule has 0 radical (unpaired) electrons. The molecule has 9 heteroatoms. The van der Waals surface area contributed by atoms with E-state index in [9.17, 15) is 22.4 Å². The predicted molar refractivity (Wildman–Crippen MR) is 114 cm³/mol. The summed E-state index contributed by atoms with van der Waals surface area (Å²) in [6, 6.07) is 11.1. The number of amides is 1. The number of halogens is 1. The zero-order chi connectivity index (χ0) is 22.2. The van der Waals surface area contributed by atoms with Gasteiger partial charge in [0.2, 0.25) is 15.9 Å². The van der Waals surface area contributed by atoms with Gasteiger partial charge in [0.25, 0.3) is 0 Å². The standard InChI is InChI=1S/C22H21FN2O5S/c1-14-11-21(26)30-20-12-17(6-9-19(14)20)24-22(27)15-3-2-10-25(13-15)31(28,29)18-7-4-16(23)5-8-18/h4-9,11-12,15H,2-3,10,13H2,1H3,(H,24,27)/t15-/m1/s1. The Bertz CT molecular complexity index is 1300. The number of hydrogen-bond acceptors (Lipinski definition) is 5. The third kappa shape index (κ3) is 4.38. The molecule has 0 aliphatic carbocycles. The molecule has 1 amide bonds. The van der Waals surface area contributed by atoms with E-state index in [0.29, 0.717) is 30.7 Å². The number of sulfonamides is 1. The number of hydrogen-bond donors (Lipinski definition) is 1. The third-order valence-corrected chi connectivity index (χ3v) is 7.30. The molecule has 1 saturated heterocycles. The lowest BCUT2D eigenvalue weighted by Gasteiger charge is -2.31. The van der Waals surface area contributed by atoms with Crippen molar-refractivity contribution in [1.82, 2.24) is 4.31 Å². The van der Waals surface area contributed by atoms with Crippen LogP contribution in [0.25, 0.3) is 11.0 Å². The average molecular weight is 444 g/mol. The van der Waals surface area contributed by atoms with Crippen molar-refractivity contribution in [2.24, 2.45) is 5.92 Å². The molecule has 1 aliphatic heterocycles. The van der Waals surface area contributed by atoms with Gasteiger partial charge in [-0.15, -0.1) is 0 Å². The molecule has 162 valence electrons. The van der Waals surface area contributed by atoms with Crippen LogP contribution in [0.3, 0.4) is 0 Å². The molecule has 7 nitrogen and oxygen atoms in total. The van der Waals surface area contributed by atoms with Crippen LogP contribution in [0.1, 0.15) is 18.4 Å². The van der Waals surface area contributed by atoms with E-state index in [4.69, 9.17) is 4.42 Å². The van der Waals surface area contributed by atoms with E-state index in [1.807, 2.05) is 0 Å². The molecule has 1 aromatic heterocycles. The van der Waals surface area contributed by atoms with Gasteiger partial charge in [0.05, 0.1) is 10.8 Å². The zero-order valence-corrected chi connectivity index (χ0v) is 17.6. The number of carbonyl (C=O) groups excluding carboxylic acids is 1. The van der Waals surface area contributed by atoms with Gasteiger partial charge in [0, 0.05) is 36.3 Å². The fourth-order valence-electron chi connectivity index (χ4n) is 3.78. The van der Waals surface area contributed by atoms with E-state index in [2.05, 4.69) is 5.32 Å². The number of benzene rings is 2. The summed E-state index contributed by atoms with van der Waals surface area (Å²) in [6.07, 6.45) is 1.08. The fourth-order valence-corrected chi connectivity index (χ4v) is 5.30. The predicted octanol–water partition coefficient (Wildman–Crippen LogP) is 3.28. The summed E-state index contributed by atoms with van der Waals surface area (Å²) in [4.78, 5) is 24.4. The molecule has 0 saturated carbocycles. The van der Waals surface area contributed by atoms with Crippen LogP contribution >= 0.6 is 0 Å². The fraction of sp³-hybridized carbons (Fsp3) is 0.273. The number of anilines is 1. The Morgan fingerprint density at radius 3 is 2.65 bits per heavy atom. The van der Waals surface area contributed by atoms with Crippen LogP contribution in [0.15, 0.2) is 62.6 Å². The second-order valence-corrected chi connectivity index (χ2v) is 9.54. The summed E-state index contributed by atoms with van der Waals surface area (Å²) in [5.74, 6) is -1.37. The van der Waals surface area contributed by atoms with E-state index in [-0.39, 0.29) is 17.3 Å². The first kappa shape index (κ1) is 21.2. The van der Waals surface area contributed by atoms with Gasteiger partial charge in [0.15, 0.2) is 0 Å². The van der Waals surface area contributed by atoms with Crippen molar-refractivity contribution in [3.63, 3.8) is 0 Å². The van der Waals surface area contributed by atoms with Crippen molar-refractivity contribution < 1.29 is 22.0 Å². The molecule has 1 atom stereocenters. The Hall–Kier alpha value is -3.04. The summed E-state index contributed by atoms with van der Waals surface area (Å²) >= 11 is 0. The molecule has 2 aromatic carbocycles. The van der Waals surface area contributed by atoms with Gasteiger partial charge in [0.1, 0.15) is 11.4 Å². The highest BCUT2D eigenvalue weighted by Crippen LogP contribution is 2.26. The quantitative estimate of drug-likeness (QED) is 0.623. The van der Waals surface area contributed by atoms with Gasteiger partial charge >= 0.3 is 5.63 Å². The number of piperidine rings is 1. The Kier molecular flexibility index (Phi) is 5.63. The first-order valence-corrected chi connectivity index (χ1v) is 11.3. The van der Waals surface area contributed by atoms with E-state index in [1.165, 1.54) is 22.5 Å². The minimum atomic E-state index is -3.82. The second kappa shape index (κ2) is 8.24. The third-order valence-electron chi connectivity index (χ3n) is 5.43. The molecule has 1 fully saturated rings. The van der Waals surface area contributed by atoms with Crippen molar-refractivity contribution in [2.45, 2.75) is 24.7 Å². The Balaban J connectivity index is 1.51. The molecular weight excluding hydrogens is 423 g/mol. The van der Waals surface area contributed by atoms with Crippen LogP contribution in [0, 0.1) is 18.7 Å². The van der Waals surface area contributed by atoms with Crippen LogP contribution in [-0.4, -0.2) is 31.7 Å². The summed E-state index contributed by atoms with van der Waals surface area (Å²) in [5.41, 5.74) is 1.14. The van der Waals surface area contributed by atoms with Crippen LogP contribution in [0.4, 0.5) is 10.1 Å². The van der Waals surface area contributed by atoms with Gasteiger partial charge in [-0.05, 0) is 61.7 Å². The van der Waals surface area contributed by atoms with E-state index in [0.717, 1.165) is 23.1 Å². The Labute approximate surface area is 178 Å². The number of nitrogens with one attached hydrogen (secondary N) is 1. The summed E-state index contributed by atoms with van der Waals surface area (Å²) in [5, 5.41) is 3.56. The Morgan fingerprint density at radius 2 is 1.90 bits per heavy atom. The molecule has 0 bridgehead atoms. The van der Waals surface area contributed by atoms with E-state index in [1.54, 1.807) is 25.1 Å². The highest BCUT2D eigenvalue weighted by Gasteiger charge is 2.33. The van der Waals surface area contributed by atoms with Gasteiger partial charge < -0.3 is 9.73 Å². The van der Waals surface area contributed by atoms with Crippen molar-refractivity contribution in [2.75, 3.05) is 18.4 Å². The first-order valence-electron chi connectivity index (χ1n) is 9.85. The van der Waals surface area contributed by atoms with Crippen molar-refractivity contribution in [3.05, 3.63) is 70.3 Å². The molecule has 0 unspecified atom stereocenters. The maximum Gasteiger partial charge on any atom is 0.336 e. The lowest BCUT2D eigenvalue weighted by Crippen LogP contribution is -2.43. The normalized spacial score (nSPS) is 17.5. The summed E-state index contributed by atoms with van der Waals surface area (Å²) in [7, 11) is -3.82. The van der Waals surface area contributed by atoms with Crippen LogP contribution in [0.5, 0.6) is 0 Å². The van der Waals surface area contributed by atoms with E-state index >= 15 is 0 Å². The Morgan fingerprint density at radius 1 is 1.16 bits per heavy atom. The van der Waals surface area contributed by atoms with Crippen LogP contribution < -0.4 is 10.9 Å². The van der Waals surface area contributed by atoms with Gasteiger partial charge in [-0.25, -0.2) is 17.6 Å². The van der Waals surface area contributed by atoms with Crippen molar-refractivity contribution >= 4 is 32.6 Å². The average Bonchev–Trinajstić information content (AvgIpc) is 2.73. The molecule has 1 N–H and O–H groups in total. The van der Waals surface area contributed by atoms with Gasteiger partial charge in [-0.3, -0.25) is 4.79 Å². The largest absolute Gasteiger partial charge is 0.423 e. The monoisotopic (exact) mass is 444 g/mol. The second-order valence-electron chi connectivity index (χ2n) is 7.60. The van der Waals surface area contributed by atoms with Crippen molar-refractivity contribution in [1.29, 1.82) is 0 Å². The van der Waals surface area contributed by atoms with Crippen LogP contribution in [-0.2, 0) is 14.8 Å². The number of rotatable bonds is 4. The molecule has 1 aliphatic rings. The van der Waals surface area contributed by atoms with E-state index < -0.39 is 27.4 Å². The zero-order valence-electron chi connectivity index (χ0n) is 16.8.